The van der Waals surface area contributed by atoms with Crippen LogP contribution in [0, 0.1) is 0 Å². The minimum absolute atomic E-state index is 0.290. The van der Waals surface area contributed by atoms with Crippen LogP contribution < -0.4 is 0 Å². The average Bonchev–Trinajstić information content (AvgIpc) is 3.24. The minimum atomic E-state index is -0.949. The van der Waals surface area contributed by atoms with E-state index in [1.165, 1.54) is 0 Å². The Balaban J connectivity index is 1.87. The second kappa shape index (κ2) is 10.5. The molecule has 7 nitrogen and oxygen atoms in total. The summed E-state index contributed by atoms with van der Waals surface area (Å²) in [6, 6.07) is 14.9. The van der Waals surface area contributed by atoms with E-state index >= 15 is 0 Å². The third kappa shape index (κ3) is 4.89. The maximum absolute atomic E-state index is 11.5. The van der Waals surface area contributed by atoms with E-state index in [-0.39, 0.29) is 5.56 Å². The van der Waals surface area contributed by atoms with Crippen LogP contribution in [-0.2, 0) is 28.2 Å². The maximum atomic E-state index is 11.5. The highest BCUT2D eigenvalue weighted by Gasteiger charge is 2.36. The quantitative estimate of drug-likeness (QED) is 0.430. The summed E-state index contributed by atoms with van der Waals surface area (Å²) in [7, 11) is 3.25. The summed E-state index contributed by atoms with van der Waals surface area (Å²) in [5, 5.41) is 14.1. The van der Waals surface area contributed by atoms with Gasteiger partial charge in [-0.15, -0.1) is 0 Å². The number of aromatic carboxylic acids is 1. The molecule has 3 rings (SSSR count). The second-order valence-electron chi connectivity index (χ2n) is 7.66. The molecule has 0 aliphatic heterocycles. The van der Waals surface area contributed by atoms with Gasteiger partial charge in [-0.2, -0.15) is 5.10 Å². The van der Waals surface area contributed by atoms with Crippen molar-refractivity contribution in [2.75, 3.05) is 14.2 Å². The minimum Gasteiger partial charge on any atom is -0.478 e. The fourth-order valence-electron chi connectivity index (χ4n) is 3.82. The number of benzene rings is 2. The predicted octanol–water partition coefficient (Wildman–Crippen LogP) is 4.89. The summed E-state index contributed by atoms with van der Waals surface area (Å²) < 4.78 is 13.3. The molecule has 2 aromatic carbocycles. The first-order valence-electron chi connectivity index (χ1n) is 10.9. The summed E-state index contributed by atoms with van der Waals surface area (Å²) in [6.45, 7) is 4.84. The zero-order valence-electron chi connectivity index (χ0n) is 19.2. The molecule has 0 fully saturated rings. The molecule has 0 amide bonds. The zero-order valence-corrected chi connectivity index (χ0v) is 19.2. The number of methoxy groups -OCH3 is 2. The van der Waals surface area contributed by atoms with Gasteiger partial charge < -0.3 is 14.6 Å². The van der Waals surface area contributed by atoms with Crippen LogP contribution in [0.5, 0.6) is 0 Å². The van der Waals surface area contributed by atoms with E-state index in [9.17, 15) is 9.90 Å². The van der Waals surface area contributed by atoms with Crippen molar-refractivity contribution in [2.24, 2.45) is 0 Å². The number of hydrogen-bond donors (Lipinski definition) is 1. The Hall–Kier alpha value is -3.03. The van der Waals surface area contributed by atoms with Gasteiger partial charge in [-0.05, 0) is 36.1 Å². The SMILES string of the molecule is CCCCC(OC)(OC)c1nc(Cc2ccc(-c3ccccc3C(=O)O)cc2)n(CC)n1. The summed E-state index contributed by atoms with van der Waals surface area (Å²) >= 11 is 0. The van der Waals surface area contributed by atoms with Gasteiger partial charge in [0.05, 0.1) is 5.56 Å². The molecule has 0 radical (unpaired) electrons. The number of ether oxygens (including phenoxy) is 2. The highest BCUT2D eigenvalue weighted by Crippen LogP contribution is 2.30. The number of aromatic nitrogens is 3. The Morgan fingerprint density at radius 3 is 2.34 bits per heavy atom. The van der Waals surface area contributed by atoms with Crippen molar-refractivity contribution in [1.29, 1.82) is 0 Å². The van der Waals surface area contributed by atoms with Crippen molar-refractivity contribution in [2.45, 2.75) is 51.9 Å². The highest BCUT2D eigenvalue weighted by atomic mass is 16.7. The smallest absolute Gasteiger partial charge is 0.336 e. The van der Waals surface area contributed by atoms with Gasteiger partial charge in [0.1, 0.15) is 5.82 Å². The molecule has 170 valence electrons. The van der Waals surface area contributed by atoms with Crippen LogP contribution in [0.4, 0.5) is 0 Å². The van der Waals surface area contributed by atoms with Gasteiger partial charge in [0, 0.05) is 33.6 Å². The molecular formula is C25H31N3O4. The van der Waals surface area contributed by atoms with Crippen LogP contribution in [0.25, 0.3) is 11.1 Å². The van der Waals surface area contributed by atoms with E-state index in [0.717, 1.165) is 29.8 Å². The largest absolute Gasteiger partial charge is 0.478 e. The van der Waals surface area contributed by atoms with Crippen LogP contribution in [0.15, 0.2) is 48.5 Å². The van der Waals surface area contributed by atoms with Crippen molar-refractivity contribution in [3.05, 3.63) is 71.3 Å². The Kier molecular flexibility index (Phi) is 7.77. The van der Waals surface area contributed by atoms with Crippen molar-refractivity contribution in [1.82, 2.24) is 14.8 Å². The predicted molar refractivity (Wildman–Crippen MR) is 123 cm³/mol. The van der Waals surface area contributed by atoms with Gasteiger partial charge >= 0.3 is 5.97 Å². The Morgan fingerprint density at radius 1 is 1.06 bits per heavy atom. The van der Waals surface area contributed by atoms with Crippen LogP contribution in [0.2, 0.25) is 0 Å². The number of carboxylic acids is 1. The normalized spacial score (nSPS) is 11.6. The Bertz CT molecular complexity index is 1040. The van der Waals surface area contributed by atoms with Crippen LogP contribution in [0.1, 0.15) is 60.7 Å². The van der Waals surface area contributed by atoms with E-state index < -0.39 is 11.8 Å². The van der Waals surface area contributed by atoms with Gasteiger partial charge in [0.2, 0.25) is 11.6 Å². The summed E-state index contributed by atoms with van der Waals surface area (Å²) in [4.78, 5) is 16.3. The number of hydrogen-bond acceptors (Lipinski definition) is 5. The molecule has 0 bridgehead atoms. The second-order valence-corrected chi connectivity index (χ2v) is 7.66. The van der Waals surface area contributed by atoms with Crippen LogP contribution in [-0.4, -0.2) is 40.1 Å². The van der Waals surface area contributed by atoms with Crippen molar-refractivity contribution >= 4 is 5.97 Å². The van der Waals surface area contributed by atoms with Gasteiger partial charge in [-0.25, -0.2) is 14.5 Å². The zero-order chi connectivity index (χ0) is 23.1. The molecule has 0 atom stereocenters. The number of nitrogens with zero attached hydrogens (tertiary/aromatic N) is 3. The molecule has 1 aromatic heterocycles. The molecule has 7 heteroatoms. The van der Waals surface area contributed by atoms with E-state index in [2.05, 4.69) is 12.0 Å². The molecule has 0 saturated heterocycles. The lowest BCUT2D eigenvalue weighted by atomic mass is 9.98. The van der Waals surface area contributed by atoms with Crippen molar-refractivity contribution in [3.63, 3.8) is 0 Å². The molecule has 0 unspecified atom stereocenters. The van der Waals surface area contributed by atoms with Crippen molar-refractivity contribution < 1.29 is 19.4 Å². The molecule has 1 heterocycles. The van der Waals surface area contributed by atoms with E-state index in [1.54, 1.807) is 26.4 Å². The summed E-state index contributed by atoms with van der Waals surface area (Å²) in [5.41, 5.74) is 2.91. The van der Waals surface area contributed by atoms with Gasteiger partial charge in [-0.1, -0.05) is 55.8 Å². The average molecular weight is 438 g/mol. The summed E-state index contributed by atoms with van der Waals surface area (Å²) in [5.74, 6) is -0.512. The first-order valence-corrected chi connectivity index (χ1v) is 10.9. The maximum Gasteiger partial charge on any atom is 0.336 e. The third-order valence-electron chi connectivity index (χ3n) is 5.69. The molecule has 0 aliphatic carbocycles. The molecule has 3 aromatic rings. The number of carboxylic acid groups (broad SMARTS) is 1. The van der Waals surface area contributed by atoms with Crippen molar-refractivity contribution in [3.8, 4) is 11.1 Å². The topological polar surface area (TPSA) is 86.5 Å². The first-order chi connectivity index (χ1) is 15.5. The molecule has 0 spiro atoms. The Labute approximate surface area is 189 Å². The van der Waals surface area contributed by atoms with E-state index in [0.29, 0.717) is 30.8 Å². The van der Waals surface area contributed by atoms with E-state index in [1.807, 2.05) is 48.0 Å². The number of rotatable bonds is 11. The van der Waals surface area contributed by atoms with Gasteiger partial charge in [0.15, 0.2) is 0 Å². The number of carbonyl (C=O) groups is 1. The molecular weight excluding hydrogens is 406 g/mol. The highest BCUT2D eigenvalue weighted by molar-refractivity contribution is 5.95. The standard InChI is InChI=1S/C25H31N3O4/c1-5-7-16-25(31-3,32-4)24-26-22(28(6-2)27-24)17-18-12-14-19(15-13-18)20-10-8-9-11-21(20)23(29)30/h8-15H,5-7,16-17H2,1-4H3,(H,29,30). The third-order valence-corrected chi connectivity index (χ3v) is 5.69. The van der Waals surface area contributed by atoms with Gasteiger partial charge in [-0.3, -0.25) is 0 Å². The van der Waals surface area contributed by atoms with Crippen LogP contribution in [0.3, 0.4) is 0 Å². The fraction of sp³-hybridized carbons (Fsp3) is 0.400. The fourth-order valence-corrected chi connectivity index (χ4v) is 3.82. The lowest BCUT2D eigenvalue weighted by Gasteiger charge is -2.27. The number of aryl methyl sites for hydroxylation is 1. The molecule has 0 aliphatic rings. The first kappa shape index (κ1) is 23.6. The monoisotopic (exact) mass is 437 g/mol. The molecule has 32 heavy (non-hydrogen) atoms. The summed E-state index contributed by atoms with van der Waals surface area (Å²) in [6.07, 6.45) is 3.24. The van der Waals surface area contributed by atoms with E-state index in [4.69, 9.17) is 14.5 Å². The lowest BCUT2D eigenvalue weighted by molar-refractivity contribution is -0.226. The van der Waals surface area contributed by atoms with Crippen LogP contribution >= 0.6 is 0 Å². The van der Waals surface area contributed by atoms with Gasteiger partial charge in [0.25, 0.3) is 0 Å². The molecule has 1 N–H and O–H groups in total. The lowest BCUT2D eigenvalue weighted by Crippen LogP contribution is -2.32. The Morgan fingerprint density at radius 2 is 1.75 bits per heavy atom. The number of unbranched alkanes of at least 4 members (excludes halogenated alkanes) is 1. The molecule has 0 saturated carbocycles.